The van der Waals surface area contributed by atoms with Crippen molar-refractivity contribution in [2.75, 3.05) is 24.3 Å². The number of hydrogen-bond acceptors (Lipinski definition) is 6. The SMILES string of the molecule is C.CCNC(=O)Nc1ccc(-c2cncc(NC(C)c3cccnc3)n2)cc1OC. The molecule has 0 saturated heterocycles. The molecule has 2 heterocycles. The van der Waals surface area contributed by atoms with E-state index in [9.17, 15) is 4.79 Å². The molecule has 1 aromatic carbocycles. The Bertz CT molecular complexity index is 965. The summed E-state index contributed by atoms with van der Waals surface area (Å²) in [6.45, 7) is 4.43. The van der Waals surface area contributed by atoms with Crippen molar-refractivity contribution in [1.29, 1.82) is 0 Å². The topological polar surface area (TPSA) is 101 Å². The van der Waals surface area contributed by atoms with Crippen LogP contribution >= 0.6 is 0 Å². The largest absolute Gasteiger partial charge is 0.495 e. The predicted octanol–water partition coefficient (Wildman–Crippen LogP) is 4.50. The van der Waals surface area contributed by atoms with E-state index in [1.807, 2.05) is 44.3 Å². The fourth-order valence-corrected chi connectivity index (χ4v) is 2.79. The standard InChI is InChI=1S/C21H24N6O2.CH4/c1-4-24-21(28)27-17-8-7-15(10-19(17)29-3)18-12-23-13-20(26-18)25-14(2)16-6-5-9-22-11-16;/h5-14H,4H2,1-3H3,(H,25,26)(H2,24,27,28);1H4. The third-order valence-corrected chi connectivity index (χ3v) is 4.27. The molecule has 0 bridgehead atoms. The monoisotopic (exact) mass is 408 g/mol. The molecule has 0 spiro atoms. The summed E-state index contributed by atoms with van der Waals surface area (Å²) in [7, 11) is 1.56. The van der Waals surface area contributed by atoms with E-state index in [4.69, 9.17) is 4.74 Å². The molecule has 30 heavy (non-hydrogen) atoms. The number of nitrogens with zero attached hydrogens (tertiary/aromatic N) is 3. The van der Waals surface area contributed by atoms with Gasteiger partial charge in [0, 0.05) is 24.5 Å². The van der Waals surface area contributed by atoms with Crippen LogP contribution in [0, 0.1) is 0 Å². The zero-order chi connectivity index (χ0) is 20.6. The number of methoxy groups -OCH3 is 1. The van der Waals surface area contributed by atoms with Crippen LogP contribution in [0.25, 0.3) is 11.3 Å². The molecule has 8 heteroatoms. The second-order valence-corrected chi connectivity index (χ2v) is 6.34. The summed E-state index contributed by atoms with van der Waals surface area (Å²) in [4.78, 5) is 24.9. The molecule has 0 aliphatic rings. The molecule has 2 aromatic heterocycles. The maximum Gasteiger partial charge on any atom is 0.319 e. The van der Waals surface area contributed by atoms with Crippen molar-refractivity contribution in [3.8, 4) is 17.0 Å². The van der Waals surface area contributed by atoms with E-state index in [0.717, 1.165) is 11.1 Å². The molecule has 8 nitrogen and oxygen atoms in total. The molecule has 3 rings (SSSR count). The van der Waals surface area contributed by atoms with Crippen molar-refractivity contribution in [2.45, 2.75) is 27.3 Å². The summed E-state index contributed by atoms with van der Waals surface area (Å²) >= 11 is 0. The lowest BCUT2D eigenvalue weighted by Gasteiger charge is -2.15. The molecule has 1 unspecified atom stereocenters. The number of ether oxygens (including phenoxy) is 1. The molecule has 0 fully saturated rings. The first-order valence-corrected chi connectivity index (χ1v) is 9.32. The van der Waals surface area contributed by atoms with E-state index in [1.165, 1.54) is 0 Å². The molecule has 158 valence electrons. The first-order chi connectivity index (χ1) is 14.1. The highest BCUT2D eigenvalue weighted by Gasteiger charge is 2.11. The van der Waals surface area contributed by atoms with Gasteiger partial charge < -0.3 is 20.7 Å². The van der Waals surface area contributed by atoms with E-state index in [2.05, 4.69) is 30.9 Å². The van der Waals surface area contributed by atoms with E-state index in [-0.39, 0.29) is 19.5 Å². The molecule has 3 aromatic rings. The third-order valence-electron chi connectivity index (χ3n) is 4.27. The van der Waals surface area contributed by atoms with Gasteiger partial charge in [0.05, 0.1) is 36.9 Å². The van der Waals surface area contributed by atoms with Crippen LogP contribution in [0.2, 0.25) is 0 Å². The summed E-state index contributed by atoms with van der Waals surface area (Å²) in [6.07, 6.45) is 6.93. The Morgan fingerprint density at radius 2 is 2.00 bits per heavy atom. The molecule has 0 aliphatic carbocycles. The zero-order valence-corrected chi connectivity index (χ0v) is 16.6. The van der Waals surface area contributed by atoms with E-state index >= 15 is 0 Å². The van der Waals surface area contributed by atoms with Crippen LogP contribution in [-0.4, -0.2) is 34.6 Å². The summed E-state index contributed by atoms with van der Waals surface area (Å²) in [5.41, 5.74) is 3.15. The average molecular weight is 409 g/mol. The lowest BCUT2D eigenvalue weighted by Crippen LogP contribution is -2.28. The van der Waals surface area contributed by atoms with Crippen LogP contribution in [0.4, 0.5) is 16.3 Å². The minimum Gasteiger partial charge on any atom is -0.495 e. The summed E-state index contributed by atoms with van der Waals surface area (Å²) in [5.74, 6) is 1.19. The molecule has 3 N–H and O–H groups in total. The third kappa shape index (κ3) is 5.66. The second kappa shape index (κ2) is 10.8. The Labute approximate surface area is 177 Å². The number of carbonyl (C=O) groups excluding carboxylic acids is 1. The Kier molecular flexibility index (Phi) is 8.10. The summed E-state index contributed by atoms with van der Waals surface area (Å²) < 4.78 is 5.43. The van der Waals surface area contributed by atoms with Crippen LogP contribution in [0.1, 0.15) is 32.9 Å². The number of benzene rings is 1. The Balaban J connectivity index is 0.00000320. The van der Waals surface area contributed by atoms with Crippen molar-refractivity contribution >= 4 is 17.5 Å². The van der Waals surface area contributed by atoms with Crippen LogP contribution in [0.3, 0.4) is 0 Å². The molecule has 2 amide bonds. The molecular weight excluding hydrogens is 380 g/mol. The number of anilines is 2. The van der Waals surface area contributed by atoms with Crippen LogP contribution in [0.5, 0.6) is 5.75 Å². The first kappa shape index (κ1) is 22.6. The van der Waals surface area contributed by atoms with Crippen molar-refractivity contribution < 1.29 is 9.53 Å². The van der Waals surface area contributed by atoms with E-state index in [0.29, 0.717) is 29.5 Å². The normalized spacial score (nSPS) is 11.0. The predicted molar refractivity (Wildman–Crippen MR) is 120 cm³/mol. The molecule has 0 aliphatic heterocycles. The maximum atomic E-state index is 11.8. The van der Waals surface area contributed by atoms with Crippen LogP contribution < -0.4 is 20.7 Å². The minimum absolute atomic E-state index is 0. The number of amides is 2. The van der Waals surface area contributed by atoms with Gasteiger partial charge in [0.15, 0.2) is 0 Å². The second-order valence-electron chi connectivity index (χ2n) is 6.34. The van der Waals surface area contributed by atoms with Crippen molar-refractivity contribution in [1.82, 2.24) is 20.3 Å². The minimum atomic E-state index is -0.283. The molecule has 0 saturated carbocycles. The van der Waals surface area contributed by atoms with Crippen molar-refractivity contribution in [3.63, 3.8) is 0 Å². The van der Waals surface area contributed by atoms with Gasteiger partial charge in [-0.05, 0) is 37.6 Å². The van der Waals surface area contributed by atoms with Gasteiger partial charge in [-0.2, -0.15) is 0 Å². The van der Waals surface area contributed by atoms with Crippen molar-refractivity contribution in [3.05, 3.63) is 60.7 Å². The maximum absolute atomic E-state index is 11.8. The number of rotatable bonds is 7. The number of aromatic nitrogens is 3. The van der Waals surface area contributed by atoms with Gasteiger partial charge in [0.25, 0.3) is 0 Å². The first-order valence-electron chi connectivity index (χ1n) is 9.32. The smallest absolute Gasteiger partial charge is 0.319 e. The van der Waals surface area contributed by atoms with Crippen LogP contribution in [0.15, 0.2) is 55.1 Å². The summed E-state index contributed by atoms with van der Waals surface area (Å²) in [6, 6.07) is 9.12. The Morgan fingerprint density at radius 3 is 2.70 bits per heavy atom. The molecule has 0 radical (unpaired) electrons. The lowest BCUT2D eigenvalue weighted by molar-refractivity contribution is 0.252. The van der Waals surface area contributed by atoms with Gasteiger partial charge in [0.1, 0.15) is 11.6 Å². The quantitative estimate of drug-likeness (QED) is 0.532. The molecular formula is C22H28N6O2. The highest BCUT2D eigenvalue weighted by molar-refractivity contribution is 5.91. The Hall–Kier alpha value is -3.68. The van der Waals surface area contributed by atoms with Gasteiger partial charge in [-0.25, -0.2) is 9.78 Å². The number of pyridine rings is 1. The fourth-order valence-electron chi connectivity index (χ4n) is 2.79. The number of carbonyl (C=O) groups is 1. The van der Waals surface area contributed by atoms with Gasteiger partial charge in [-0.3, -0.25) is 9.97 Å². The van der Waals surface area contributed by atoms with Gasteiger partial charge in [0.2, 0.25) is 0 Å². The number of hydrogen-bond donors (Lipinski definition) is 3. The van der Waals surface area contributed by atoms with Gasteiger partial charge in [-0.1, -0.05) is 19.6 Å². The highest BCUT2D eigenvalue weighted by atomic mass is 16.5. The Morgan fingerprint density at radius 1 is 1.17 bits per heavy atom. The van der Waals surface area contributed by atoms with E-state index in [1.54, 1.807) is 31.8 Å². The lowest BCUT2D eigenvalue weighted by atomic mass is 10.1. The average Bonchev–Trinajstić information content (AvgIpc) is 2.75. The van der Waals surface area contributed by atoms with Gasteiger partial charge >= 0.3 is 6.03 Å². The highest BCUT2D eigenvalue weighted by Crippen LogP contribution is 2.30. The number of nitrogens with one attached hydrogen (secondary N) is 3. The van der Waals surface area contributed by atoms with Gasteiger partial charge in [-0.15, -0.1) is 0 Å². The van der Waals surface area contributed by atoms with E-state index < -0.39 is 0 Å². The molecule has 1 atom stereocenters. The zero-order valence-electron chi connectivity index (χ0n) is 16.6. The van der Waals surface area contributed by atoms with Crippen molar-refractivity contribution in [2.24, 2.45) is 0 Å². The fraction of sp³-hybridized carbons (Fsp3) is 0.273. The van der Waals surface area contributed by atoms with Crippen LogP contribution in [-0.2, 0) is 0 Å². The summed E-state index contributed by atoms with van der Waals surface area (Å²) in [5, 5.41) is 8.80. The number of urea groups is 1.